The Morgan fingerprint density at radius 1 is 1.38 bits per heavy atom. The van der Waals surface area contributed by atoms with Crippen LogP contribution in [0.5, 0.6) is 11.5 Å². The maximum Gasteiger partial charge on any atom is 0.339 e. The fraction of sp³-hybridized carbons (Fsp3) is 0.357. The van der Waals surface area contributed by atoms with Crippen LogP contribution in [0, 0.1) is 0 Å². The lowest BCUT2D eigenvalue weighted by Crippen LogP contribution is -2.07. The van der Waals surface area contributed by atoms with Gasteiger partial charge >= 0.3 is 5.97 Å². The number of nitrogens with zero attached hydrogens (tertiary/aromatic N) is 3. The second kappa shape index (κ2) is 6.74. The standard InChI is InChI=1S/C14H17N3O4/c1-3-6-20-10-4-5-11(14(18)19)12(7-10)21-8-13-16-15-9-17(13)2/h4-5,7,9H,3,6,8H2,1-2H3,(H,18,19). The van der Waals surface area contributed by atoms with Crippen molar-refractivity contribution in [3.8, 4) is 11.5 Å². The van der Waals surface area contributed by atoms with E-state index in [9.17, 15) is 9.90 Å². The van der Waals surface area contributed by atoms with Gasteiger partial charge < -0.3 is 19.1 Å². The summed E-state index contributed by atoms with van der Waals surface area (Å²) in [6.07, 6.45) is 2.42. The van der Waals surface area contributed by atoms with Crippen LogP contribution in [0.15, 0.2) is 24.5 Å². The van der Waals surface area contributed by atoms with E-state index >= 15 is 0 Å². The normalized spacial score (nSPS) is 10.4. The van der Waals surface area contributed by atoms with Crippen LogP contribution >= 0.6 is 0 Å². The van der Waals surface area contributed by atoms with Gasteiger partial charge in [-0.15, -0.1) is 10.2 Å². The van der Waals surface area contributed by atoms with Crippen LogP contribution in [0.3, 0.4) is 0 Å². The summed E-state index contributed by atoms with van der Waals surface area (Å²) in [5, 5.41) is 16.8. The molecule has 0 atom stereocenters. The minimum absolute atomic E-state index is 0.0843. The minimum atomic E-state index is -1.05. The third-order valence-electron chi connectivity index (χ3n) is 2.82. The molecule has 1 aromatic heterocycles. The number of carboxylic acids is 1. The van der Waals surface area contributed by atoms with Crippen LogP contribution < -0.4 is 9.47 Å². The Labute approximate surface area is 122 Å². The molecule has 0 spiro atoms. The molecule has 0 aliphatic carbocycles. The maximum absolute atomic E-state index is 11.2. The van der Waals surface area contributed by atoms with E-state index in [0.29, 0.717) is 18.2 Å². The van der Waals surface area contributed by atoms with Crippen LogP contribution in [0.25, 0.3) is 0 Å². The molecule has 7 heteroatoms. The fourth-order valence-corrected chi connectivity index (χ4v) is 1.69. The molecule has 2 aromatic rings. The lowest BCUT2D eigenvalue weighted by Gasteiger charge is -2.11. The summed E-state index contributed by atoms with van der Waals surface area (Å²) in [5.41, 5.74) is 0.0843. The minimum Gasteiger partial charge on any atom is -0.493 e. The van der Waals surface area contributed by atoms with E-state index in [2.05, 4.69) is 10.2 Å². The van der Waals surface area contributed by atoms with Crippen molar-refractivity contribution in [3.63, 3.8) is 0 Å². The third-order valence-corrected chi connectivity index (χ3v) is 2.82. The second-order valence-corrected chi connectivity index (χ2v) is 4.46. The van der Waals surface area contributed by atoms with Gasteiger partial charge in [-0.3, -0.25) is 0 Å². The second-order valence-electron chi connectivity index (χ2n) is 4.46. The van der Waals surface area contributed by atoms with Gasteiger partial charge in [0, 0.05) is 13.1 Å². The van der Waals surface area contributed by atoms with Gasteiger partial charge in [0.25, 0.3) is 0 Å². The quantitative estimate of drug-likeness (QED) is 0.838. The van der Waals surface area contributed by atoms with Gasteiger partial charge in [0.15, 0.2) is 5.82 Å². The summed E-state index contributed by atoms with van der Waals surface area (Å²) >= 11 is 0. The van der Waals surface area contributed by atoms with Crippen molar-refractivity contribution < 1.29 is 19.4 Å². The summed E-state index contributed by atoms with van der Waals surface area (Å²) in [6, 6.07) is 4.67. The first-order valence-electron chi connectivity index (χ1n) is 6.57. The number of aryl methyl sites for hydroxylation is 1. The Bertz CT molecular complexity index is 624. The first-order valence-corrected chi connectivity index (χ1v) is 6.57. The van der Waals surface area contributed by atoms with Gasteiger partial charge in [0.2, 0.25) is 0 Å². The van der Waals surface area contributed by atoms with Crippen molar-refractivity contribution in [1.29, 1.82) is 0 Å². The molecule has 112 valence electrons. The zero-order valence-electron chi connectivity index (χ0n) is 11.9. The predicted molar refractivity (Wildman–Crippen MR) is 74.5 cm³/mol. The van der Waals surface area contributed by atoms with Crippen molar-refractivity contribution >= 4 is 5.97 Å². The van der Waals surface area contributed by atoms with Crippen molar-refractivity contribution in [2.45, 2.75) is 20.0 Å². The summed E-state index contributed by atoms with van der Waals surface area (Å²) in [6.45, 7) is 2.69. The largest absolute Gasteiger partial charge is 0.493 e. The van der Waals surface area contributed by atoms with Crippen molar-refractivity contribution in [2.24, 2.45) is 7.05 Å². The SMILES string of the molecule is CCCOc1ccc(C(=O)O)c(OCc2nncn2C)c1. The fourth-order valence-electron chi connectivity index (χ4n) is 1.69. The molecule has 0 saturated heterocycles. The molecular weight excluding hydrogens is 274 g/mol. The van der Waals surface area contributed by atoms with Crippen LogP contribution in [0.1, 0.15) is 29.5 Å². The molecule has 0 unspecified atom stereocenters. The topological polar surface area (TPSA) is 86.5 Å². The zero-order chi connectivity index (χ0) is 15.2. The van der Waals surface area contributed by atoms with Gasteiger partial charge in [0.1, 0.15) is 30.0 Å². The van der Waals surface area contributed by atoms with E-state index < -0.39 is 5.97 Å². The third kappa shape index (κ3) is 3.71. The molecule has 0 aliphatic rings. The predicted octanol–water partition coefficient (Wildman–Crippen LogP) is 1.88. The number of carbonyl (C=O) groups is 1. The summed E-state index contributed by atoms with van der Waals surface area (Å²) < 4.78 is 12.8. The van der Waals surface area contributed by atoms with E-state index in [1.54, 1.807) is 30.1 Å². The van der Waals surface area contributed by atoms with Crippen molar-refractivity contribution in [3.05, 3.63) is 35.9 Å². The number of hydrogen-bond acceptors (Lipinski definition) is 5. The highest BCUT2D eigenvalue weighted by molar-refractivity contribution is 5.91. The molecule has 0 fully saturated rings. The van der Waals surface area contributed by atoms with Crippen LogP contribution in [0.2, 0.25) is 0 Å². The lowest BCUT2D eigenvalue weighted by atomic mass is 10.2. The molecule has 1 heterocycles. The van der Waals surface area contributed by atoms with E-state index in [0.717, 1.165) is 6.42 Å². The molecule has 0 amide bonds. The van der Waals surface area contributed by atoms with Gasteiger partial charge in [-0.05, 0) is 18.6 Å². The number of benzene rings is 1. The van der Waals surface area contributed by atoms with E-state index in [1.807, 2.05) is 6.92 Å². The van der Waals surface area contributed by atoms with Crippen LogP contribution in [-0.2, 0) is 13.7 Å². The Morgan fingerprint density at radius 2 is 2.19 bits per heavy atom. The molecule has 0 radical (unpaired) electrons. The maximum atomic E-state index is 11.2. The molecule has 21 heavy (non-hydrogen) atoms. The van der Waals surface area contributed by atoms with Gasteiger partial charge in [0.05, 0.1) is 6.61 Å². The molecule has 0 saturated carbocycles. The highest BCUT2D eigenvalue weighted by atomic mass is 16.5. The Morgan fingerprint density at radius 3 is 2.81 bits per heavy atom. The van der Waals surface area contributed by atoms with Crippen molar-refractivity contribution in [1.82, 2.24) is 14.8 Å². The Balaban J connectivity index is 2.17. The molecular formula is C14H17N3O4. The first-order chi connectivity index (χ1) is 10.1. The van der Waals surface area contributed by atoms with Crippen LogP contribution in [-0.4, -0.2) is 32.4 Å². The highest BCUT2D eigenvalue weighted by Crippen LogP contribution is 2.26. The number of ether oxygens (including phenoxy) is 2. The molecule has 1 aromatic carbocycles. The molecule has 0 bridgehead atoms. The zero-order valence-corrected chi connectivity index (χ0v) is 11.9. The van der Waals surface area contributed by atoms with Gasteiger partial charge in [-0.2, -0.15) is 0 Å². The van der Waals surface area contributed by atoms with Gasteiger partial charge in [-0.25, -0.2) is 4.79 Å². The Kier molecular flexibility index (Phi) is 4.76. The first kappa shape index (κ1) is 14.8. The molecule has 7 nitrogen and oxygen atoms in total. The van der Waals surface area contributed by atoms with E-state index in [-0.39, 0.29) is 17.9 Å². The number of aromatic carboxylic acids is 1. The monoisotopic (exact) mass is 291 g/mol. The number of hydrogen-bond donors (Lipinski definition) is 1. The Hall–Kier alpha value is -2.57. The molecule has 2 rings (SSSR count). The molecule has 1 N–H and O–H groups in total. The van der Waals surface area contributed by atoms with E-state index in [1.165, 1.54) is 6.07 Å². The lowest BCUT2D eigenvalue weighted by molar-refractivity contribution is 0.0691. The number of rotatable bonds is 7. The average molecular weight is 291 g/mol. The molecule has 0 aliphatic heterocycles. The summed E-state index contributed by atoms with van der Waals surface area (Å²) in [5.74, 6) is 0.380. The summed E-state index contributed by atoms with van der Waals surface area (Å²) in [4.78, 5) is 11.2. The van der Waals surface area contributed by atoms with E-state index in [4.69, 9.17) is 9.47 Å². The van der Waals surface area contributed by atoms with Gasteiger partial charge in [-0.1, -0.05) is 6.92 Å². The average Bonchev–Trinajstić information content (AvgIpc) is 2.88. The number of carboxylic acid groups (broad SMARTS) is 1. The summed E-state index contributed by atoms with van der Waals surface area (Å²) in [7, 11) is 1.79. The highest BCUT2D eigenvalue weighted by Gasteiger charge is 2.14. The van der Waals surface area contributed by atoms with Crippen LogP contribution in [0.4, 0.5) is 0 Å². The van der Waals surface area contributed by atoms with Crippen molar-refractivity contribution in [2.75, 3.05) is 6.61 Å². The number of aromatic nitrogens is 3. The smallest absolute Gasteiger partial charge is 0.339 e.